The van der Waals surface area contributed by atoms with Gasteiger partial charge in [0.2, 0.25) is 11.7 Å². The van der Waals surface area contributed by atoms with Crippen LogP contribution in [0, 0.1) is 6.92 Å². The Hall–Kier alpha value is -2.91. The molecule has 2 aromatic heterocycles. The number of amides is 2. The maximum Gasteiger partial charge on any atom is 0.328 e. The number of aryl methyl sites for hydroxylation is 1. The second-order valence-electron chi connectivity index (χ2n) is 4.64. The first-order chi connectivity index (χ1) is 11.0. The maximum atomic E-state index is 11.7. The number of carbonyl (C=O) groups is 2. The molecule has 0 spiro atoms. The monoisotopic (exact) mass is 323 g/mol. The van der Waals surface area contributed by atoms with Gasteiger partial charge in [0.05, 0.1) is 13.2 Å². The van der Waals surface area contributed by atoms with E-state index in [2.05, 4.69) is 25.9 Å². The fraction of sp³-hybridized carbons (Fsp3) is 0.462. The molecular formula is C13H17N5O5. The summed E-state index contributed by atoms with van der Waals surface area (Å²) in [5.74, 6) is 0.569. The number of nitrogens with zero attached hydrogens (tertiary/aromatic N) is 3. The highest BCUT2D eigenvalue weighted by Gasteiger charge is 2.17. The average molecular weight is 323 g/mol. The smallest absolute Gasteiger partial charge is 0.328 e. The first-order valence-corrected chi connectivity index (χ1v) is 6.97. The Morgan fingerprint density at radius 3 is 2.78 bits per heavy atom. The van der Waals surface area contributed by atoms with Crippen molar-refractivity contribution < 1.29 is 23.4 Å². The average Bonchev–Trinajstić information content (AvgIpc) is 3.14. The van der Waals surface area contributed by atoms with Gasteiger partial charge in [-0.2, -0.15) is 4.98 Å². The van der Waals surface area contributed by atoms with Crippen LogP contribution in [-0.4, -0.2) is 39.9 Å². The Morgan fingerprint density at radius 2 is 2.13 bits per heavy atom. The van der Waals surface area contributed by atoms with E-state index in [1.54, 1.807) is 19.9 Å². The molecule has 23 heavy (non-hydrogen) atoms. The number of aromatic nitrogens is 3. The van der Waals surface area contributed by atoms with Crippen LogP contribution in [-0.2, 0) is 16.1 Å². The lowest BCUT2D eigenvalue weighted by atomic mass is 10.3. The molecule has 10 nitrogen and oxygen atoms in total. The molecule has 0 radical (unpaired) electrons. The Bertz CT molecular complexity index is 680. The Morgan fingerprint density at radius 1 is 1.35 bits per heavy atom. The number of nitrogens with one attached hydrogen (secondary N) is 2. The van der Waals surface area contributed by atoms with E-state index in [0.717, 1.165) is 0 Å². The summed E-state index contributed by atoms with van der Waals surface area (Å²) in [7, 11) is 0. The number of hydrogen-bond donors (Lipinski definition) is 2. The van der Waals surface area contributed by atoms with Gasteiger partial charge in [0, 0.05) is 6.07 Å². The third-order valence-electron chi connectivity index (χ3n) is 2.71. The van der Waals surface area contributed by atoms with Crippen molar-refractivity contribution in [3.8, 4) is 11.5 Å². The van der Waals surface area contributed by atoms with Crippen molar-refractivity contribution in [1.29, 1.82) is 0 Å². The minimum Gasteiger partial charge on any atom is -0.464 e. The van der Waals surface area contributed by atoms with Crippen molar-refractivity contribution >= 4 is 12.0 Å². The summed E-state index contributed by atoms with van der Waals surface area (Å²) in [6.07, 6.45) is 0. The lowest BCUT2D eigenvalue weighted by Crippen LogP contribution is -2.44. The molecule has 10 heteroatoms. The minimum atomic E-state index is -0.758. The summed E-state index contributed by atoms with van der Waals surface area (Å²) < 4.78 is 14.7. The van der Waals surface area contributed by atoms with Crippen molar-refractivity contribution in [2.45, 2.75) is 33.4 Å². The molecule has 0 aliphatic heterocycles. The summed E-state index contributed by atoms with van der Waals surface area (Å²) in [6.45, 7) is 5.21. The summed E-state index contributed by atoms with van der Waals surface area (Å²) in [5, 5.41) is 12.4. The first-order valence-electron chi connectivity index (χ1n) is 6.97. The summed E-state index contributed by atoms with van der Waals surface area (Å²) in [4.78, 5) is 27.1. The molecule has 0 bridgehead atoms. The largest absolute Gasteiger partial charge is 0.464 e. The zero-order valence-electron chi connectivity index (χ0n) is 13.0. The van der Waals surface area contributed by atoms with Gasteiger partial charge in [-0.1, -0.05) is 10.3 Å². The SMILES string of the molecule is CCOC(=O)[C@H](C)NC(=O)NCc1nc(-c2cc(C)on2)no1. The predicted molar refractivity (Wildman–Crippen MR) is 76.0 cm³/mol. The lowest BCUT2D eigenvalue weighted by Gasteiger charge is -2.12. The highest BCUT2D eigenvalue weighted by atomic mass is 16.5. The normalized spacial score (nSPS) is 11.8. The molecule has 0 unspecified atom stereocenters. The van der Waals surface area contributed by atoms with Gasteiger partial charge in [0.15, 0.2) is 5.69 Å². The van der Waals surface area contributed by atoms with E-state index in [1.165, 1.54) is 6.92 Å². The van der Waals surface area contributed by atoms with Crippen molar-refractivity contribution in [3.63, 3.8) is 0 Å². The second-order valence-corrected chi connectivity index (χ2v) is 4.64. The Balaban J connectivity index is 1.83. The molecule has 0 saturated carbocycles. The molecular weight excluding hydrogens is 306 g/mol. The van der Waals surface area contributed by atoms with E-state index < -0.39 is 18.0 Å². The van der Waals surface area contributed by atoms with Crippen LogP contribution in [0.25, 0.3) is 11.5 Å². The summed E-state index contributed by atoms with van der Waals surface area (Å²) in [5.41, 5.74) is 0.442. The summed E-state index contributed by atoms with van der Waals surface area (Å²) >= 11 is 0. The third-order valence-corrected chi connectivity index (χ3v) is 2.71. The van der Waals surface area contributed by atoms with Crippen molar-refractivity contribution in [3.05, 3.63) is 17.7 Å². The molecule has 0 aliphatic rings. The van der Waals surface area contributed by atoms with Crippen LogP contribution < -0.4 is 10.6 Å². The molecule has 0 fully saturated rings. The molecule has 0 aliphatic carbocycles. The first kappa shape index (κ1) is 16.5. The van der Waals surface area contributed by atoms with E-state index in [9.17, 15) is 9.59 Å². The van der Waals surface area contributed by atoms with Crippen molar-refractivity contribution in [2.24, 2.45) is 0 Å². The fourth-order valence-electron chi connectivity index (χ4n) is 1.63. The number of carbonyl (C=O) groups excluding carboxylic acids is 2. The van der Waals surface area contributed by atoms with Crippen LogP contribution in [0.3, 0.4) is 0 Å². The van der Waals surface area contributed by atoms with Gasteiger partial charge in [-0.3, -0.25) is 0 Å². The van der Waals surface area contributed by atoms with Crippen molar-refractivity contribution in [2.75, 3.05) is 6.61 Å². The zero-order valence-corrected chi connectivity index (χ0v) is 13.0. The van der Waals surface area contributed by atoms with Gasteiger partial charge in [0.25, 0.3) is 0 Å². The highest BCUT2D eigenvalue weighted by molar-refractivity contribution is 5.83. The van der Waals surface area contributed by atoms with Gasteiger partial charge in [-0.25, -0.2) is 9.59 Å². The van der Waals surface area contributed by atoms with E-state index in [4.69, 9.17) is 13.8 Å². The molecule has 0 saturated heterocycles. The third kappa shape index (κ3) is 4.53. The molecule has 124 valence electrons. The van der Waals surface area contributed by atoms with E-state index >= 15 is 0 Å². The Labute approximate surface area is 131 Å². The number of hydrogen-bond acceptors (Lipinski definition) is 8. The molecule has 2 aromatic rings. The predicted octanol–water partition coefficient (Wildman–Crippen LogP) is 0.784. The topological polar surface area (TPSA) is 132 Å². The minimum absolute atomic E-state index is 0.00517. The molecule has 0 aromatic carbocycles. The van der Waals surface area contributed by atoms with Gasteiger partial charge in [-0.15, -0.1) is 0 Å². The fourth-order valence-corrected chi connectivity index (χ4v) is 1.63. The van der Waals surface area contributed by atoms with Crippen LogP contribution in [0.5, 0.6) is 0 Å². The molecule has 1 atom stereocenters. The van der Waals surface area contributed by atoms with Gasteiger partial charge < -0.3 is 24.4 Å². The van der Waals surface area contributed by atoms with E-state index in [0.29, 0.717) is 11.5 Å². The number of urea groups is 1. The maximum absolute atomic E-state index is 11.7. The van der Waals surface area contributed by atoms with Crippen LogP contribution in [0.4, 0.5) is 4.79 Å². The van der Waals surface area contributed by atoms with Gasteiger partial charge in [-0.05, 0) is 20.8 Å². The molecule has 2 rings (SSSR count). The lowest BCUT2D eigenvalue weighted by molar-refractivity contribution is -0.144. The Kier molecular flexibility index (Phi) is 5.28. The van der Waals surface area contributed by atoms with Crippen LogP contribution in [0.15, 0.2) is 15.1 Å². The second kappa shape index (κ2) is 7.38. The highest BCUT2D eigenvalue weighted by Crippen LogP contribution is 2.14. The van der Waals surface area contributed by atoms with Crippen molar-refractivity contribution in [1.82, 2.24) is 25.9 Å². The van der Waals surface area contributed by atoms with E-state index in [-0.39, 0.29) is 24.9 Å². The number of ether oxygens (including phenoxy) is 1. The van der Waals surface area contributed by atoms with Crippen LogP contribution in [0.2, 0.25) is 0 Å². The van der Waals surface area contributed by atoms with Gasteiger partial charge in [0.1, 0.15) is 11.8 Å². The number of rotatable bonds is 6. The van der Waals surface area contributed by atoms with Crippen LogP contribution >= 0.6 is 0 Å². The van der Waals surface area contributed by atoms with Crippen LogP contribution in [0.1, 0.15) is 25.5 Å². The molecule has 2 heterocycles. The zero-order chi connectivity index (χ0) is 16.8. The van der Waals surface area contributed by atoms with E-state index in [1.807, 2.05) is 0 Å². The molecule has 2 N–H and O–H groups in total. The van der Waals surface area contributed by atoms with Gasteiger partial charge >= 0.3 is 12.0 Å². The molecule has 2 amide bonds. The number of esters is 1. The quantitative estimate of drug-likeness (QED) is 0.745. The standard InChI is InChI=1S/C13H17N5O5/c1-4-21-12(19)8(3)15-13(20)14-6-10-16-11(18-23-10)9-5-7(2)22-17-9/h5,8H,4,6H2,1-3H3,(H2,14,15,20)/t8-/m0/s1. The summed E-state index contributed by atoms with van der Waals surface area (Å²) in [6, 6.07) is 0.351.